The van der Waals surface area contributed by atoms with E-state index in [1.165, 1.54) is 12.1 Å². The van der Waals surface area contributed by atoms with Gasteiger partial charge in [0.25, 0.3) is 0 Å². The van der Waals surface area contributed by atoms with Crippen LogP contribution in [0.4, 0.5) is 9.18 Å². The third-order valence-electron chi connectivity index (χ3n) is 3.24. The van der Waals surface area contributed by atoms with E-state index in [-0.39, 0.29) is 11.6 Å². The third kappa shape index (κ3) is 5.22. The van der Waals surface area contributed by atoms with Gasteiger partial charge in [-0.15, -0.1) is 0 Å². The molecule has 2 aromatic rings. The van der Waals surface area contributed by atoms with Gasteiger partial charge >= 0.3 is 6.03 Å². The van der Waals surface area contributed by atoms with Gasteiger partial charge in [0.2, 0.25) is 0 Å². The summed E-state index contributed by atoms with van der Waals surface area (Å²) in [5.74, 6) is -0.593. The zero-order valence-electron chi connectivity index (χ0n) is 12.4. The molecule has 2 rings (SSSR count). The van der Waals surface area contributed by atoms with Crippen molar-refractivity contribution in [2.24, 2.45) is 0 Å². The highest BCUT2D eigenvalue weighted by molar-refractivity contribution is 6.30. The molecule has 0 aliphatic heterocycles. The number of nitrogens with one attached hydrogen (secondary N) is 2. The van der Waals surface area contributed by atoms with Crippen LogP contribution in [0.3, 0.4) is 0 Å². The minimum absolute atomic E-state index is 0.00601. The summed E-state index contributed by atoms with van der Waals surface area (Å²) >= 11 is 5.62. The number of carbonyl (C=O) groups is 1. The summed E-state index contributed by atoms with van der Waals surface area (Å²) in [5.41, 5.74) is 0.445. The maximum atomic E-state index is 13.4. The maximum Gasteiger partial charge on any atom is 0.315 e. The van der Waals surface area contributed by atoms with Crippen molar-refractivity contribution in [3.63, 3.8) is 0 Å². The van der Waals surface area contributed by atoms with Crippen molar-refractivity contribution in [1.82, 2.24) is 20.4 Å². The number of rotatable bonds is 7. The topological polar surface area (TPSA) is 79.2 Å². The lowest BCUT2D eigenvalue weighted by atomic mass is 10.1. The molecule has 0 saturated heterocycles. The molecule has 0 fully saturated rings. The van der Waals surface area contributed by atoms with Crippen LogP contribution >= 0.6 is 11.6 Å². The van der Waals surface area contributed by atoms with Crippen molar-refractivity contribution in [2.45, 2.75) is 19.0 Å². The second-order valence-electron chi connectivity index (χ2n) is 4.93. The summed E-state index contributed by atoms with van der Waals surface area (Å²) in [5, 5.41) is 18.7. The normalized spacial score (nSPS) is 12.0. The van der Waals surface area contributed by atoms with Crippen LogP contribution in [-0.4, -0.2) is 34.1 Å². The van der Waals surface area contributed by atoms with Crippen LogP contribution < -0.4 is 10.6 Å². The predicted molar refractivity (Wildman–Crippen MR) is 84.6 cm³/mol. The number of amides is 2. The summed E-state index contributed by atoms with van der Waals surface area (Å²) in [6.45, 7) is 0.805. The van der Waals surface area contributed by atoms with Crippen molar-refractivity contribution in [3.05, 3.63) is 53.1 Å². The second-order valence-corrected chi connectivity index (χ2v) is 5.34. The Hall–Kier alpha value is -2.12. The minimum Gasteiger partial charge on any atom is -0.394 e. The van der Waals surface area contributed by atoms with Crippen molar-refractivity contribution in [2.75, 3.05) is 13.2 Å². The van der Waals surface area contributed by atoms with Crippen molar-refractivity contribution in [1.29, 1.82) is 0 Å². The Kier molecular flexibility index (Phi) is 6.37. The fraction of sp³-hybridized carbons (Fsp3) is 0.333. The monoisotopic (exact) mass is 340 g/mol. The first-order chi connectivity index (χ1) is 11.1. The Balaban J connectivity index is 1.78. The molecule has 1 atom stereocenters. The first-order valence-corrected chi connectivity index (χ1v) is 7.55. The maximum absolute atomic E-state index is 13.4. The average molecular weight is 341 g/mol. The Labute approximate surface area is 138 Å². The van der Waals surface area contributed by atoms with Gasteiger partial charge in [0.05, 0.1) is 17.7 Å². The van der Waals surface area contributed by atoms with Crippen molar-refractivity contribution < 1.29 is 14.3 Å². The standard InChI is InChI=1S/C15H18ClFN4O2/c16-12-4-3-11(9-13(12)17)14(10-22)20-15(23)18-5-1-7-21-8-2-6-19-21/h2-4,6,8-9,14,22H,1,5,7,10H2,(H2,18,20,23). The zero-order valence-corrected chi connectivity index (χ0v) is 13.1. The Morgan fingerprint density at radius 3 is 2.96 bits per heavy atom. The molecule has 23 heavy (non-hydrogen) atoms. The highest BCUT2D eigenvalue weighted by atomic mass is 35.5. The number of aliphatic hydroxyl groups excluding tert-OH is 1. The van der Waals surface area contributed by atoms with E-state index in [0.29, 0.717) is 25.1 Å². The van der Waals surface area contributed by atoms with Crippen molar-refractivity contribution >= 4 is 17.6 Å². The van der Waals surface area contributed by atoms with Gasteiger partial charge in [0.15, 0.2) is 0 Å². The summed E-state index contributed by atoms with van der Waals surface area (Å²) < 4.78 is 15.2. The largest absolute Gasteiger partial charge is 0.394 e. The lowest BCUT2D eigenvalue weighted by Crippen LogP contribution is -2.39. The van der Waals surface area contributed by atoms with Crippen molar-refractivity contribution in [3.8, 4) is 0 Å². The summed E-state index contributed by atoms with van der Waals surface area (Å²) in [6, 6.07) is 4.84. The smallest absolute Gasteiger partial charge is 0.315 e. The molecular weight excluding hydrogens is 323 g/mol. The van der Waals surface area contributed by atoms with Crippen LogP contribution in [0.5, 0.6) is 0 Å². The molecule has 1 unspecified atom stereocenters. The Morgan fingerprint density at radius 2 is 2.30 bits per heavy atom. The SMILES string of the molecule is O=C(NCCCn1cccn1)NC(CO)c1ccc(Cl)c(F)c1. The van der Waals surface area contributed by atoms with Gasteiger partial charge < -0.3 is 15.7 Å². The number of halogens is 2. The Morgan fingerprint density at radius 1 is 1.48 bits per heavy atom. The molecule has 0 spiro atoms. The highest BCUT2D eigenvalue weighted by Gasteiger charge is 2.15. The molecule has 0 bridgehead atoms. The molecule has 8 heteroatoms. The molecule has 6 nitrogen and oxygen atoms in total. The van der Waals surface area contributed by atoms with Crippen LogP contribution in [-0.2, 0) is 6.54 Å². The first-order valence-electron chi connectivity index (χ1n) is 7.17. The lowest BCUT2D eigenvalue weighted by molar-refractivity contribution is 0.216. The van der Waals surface area contributed by atoms with Crippen LogP contribution in [0.25, 0.3) is 0 Å². The first kappa shape index (κ1) is 17.2. The molecule has 0 aliphatic carbocycles. The van der Waals surface area contributed by atoms with Crippen LogP contribution in [0, 0.1) is 5.82 Å². The Bertz CT molecular complexity index is 636. The van der Waals surface area contributed by atoms with Crippen LogP contribution in [0.15, 0.2) is 36.7 Å². The predicted octanol–water partition coefficient (Wildman–Crippen LogP) is 2.10. The fourth-order valence-electron chi connectivity index (χ4n) is 2.05. The number of urea groups is 1. The molecule has 2 amide bonds. The van der Waals surface area contributed by atoms with Crippen LogP contribution in [0.1, 0.15) is 18.0 Å². The number of hydrogen-bond acceptors (Lipinski definition) is 3. The van der Waals surface area contributed by atoms with Gasteiger partial charge in [-0.3, -0.25) is 4.68 Å². The number of carbonyl (C=O) groups excluding carboxylic acids is 1. The fourth-order valence-corrected chi connectivity index (χ4v) is 2.17. The zero-order chi connectivity index (χ0) is 16.7. The van der Waals surface area contributed by atoms with Gasteiger partial charge in [-0.1, -0.05) is 17.7 Å². The number of nitrogens with zero attached hydrogens (tertiary/aromatic N) is 2. The van der Waals surface area contributed by atoms with Gasteiger partial charge in [-0.2, -0.15) is 5.10 Å². The molecule has 1 heterocycles. The second kappa shape index (κ2) is 8.50. The molecule has 0 saturated carbocycles. The average Bonchev–Trinajstić information content (AvgIpc) is 3.05. The van der Waals surface area contributed by atoms with E-state index in [4.69, 9.17) is 11.6 Å². The summed E-state index contributed by atoms with van der Waals surface area (Å²) in [6.07, 6.45) is 4.25. The molecule has 1 aromatic carbocycles. The highest BCUT2D eigenvalue weighted by Crippen LogP contribution is 2.20. The van der Waals surface area contributed by atoms with Gasteiger partial charge in [-0.05, 0) is 30.2 Å². The van der Waals surface area contributed by atoms with E-state index in [0.717, 1.165) is 0 Å². The number of aromatic nitrogens is 2. The molecule has 3 N–H and O–H groups in total. The van der Waals surface area contributed by atoms with Gasteiger partial charge in [0.1, 0.15) is 5.82 Å². The number of aliphatic hydroxyl groups is 1. The van der Waals surface area contributed by atoms with E-state index in [1.807, 2.05) is 12.3 Å². The molecular formula is C15H18ClFN4O2. The van der Waals surface area contributed by atoms with E-state index in [1.54, 1.807) is 16.9 Å². The molecule has 0 aliphatic rings. The quantitative estimate of drug-likeness (QED) is 0.675. The van der Waals surface area contributed by atoms with E-state index in [9.17, 15) is 14.3 Å². The van der Waals surface area contributed by atoms with E-state index < -0.39 is 17.9 Å². The minimum atomic E-state index is -0.701. The summed E-state index contributed by atoms with van der Waals surface area (Å²) in [7, 11) is 0. The van der Waals surface area contributed by atoms with Gasteiger partial charge in [0, 0.05) is 25.5 Å². The number of benzene rings is 1. The number of hydrogen-bond donors (Lipinski definition) is 3. The lowest BCUT2D eigenvalue weighted by Gasteiger charge is -2.17. The number of aryl methyl sites for hydroxylation is 1. The molecule has 124 valence electrons. The molecule has 0 radical (unpaired) electrons. The van der Waals surface area contributed by atoms with Gasteiger partial charge in [-0.25, -0.2) is 9.18 Å². The third-order valence-corrected chi connectivity index (χ3v) is 3.55. The van der Waals surface area contributed by atoms with Crippen LogP contribution in [0.2, 0.25) is 5.02 Å². The van der Waals surface area contributed by atoms with E-state index >= 15 is 0 Å². The van der Waals surface area contributed by atoms with E-state index in [2.05, 4.69) is 15.7 Å². The molecule has 1 aromatic heterocycles. The summed E-state index contributed by atoms with van der Waals surface area (Å²) in [4.78, 5) is 11.8.